The average molecular weight is 309 g/mol. The van der Waals surface area contributed by atoms with Gasteiger partial charge in [-0.2, -0.15) is 0 Å². The summed E-state index contributed by atoms with van der Waals surface area (Å²) < 4.78 is 0. The van der Waals surface area contributed by atoms with Crippen LogP contribution >= 0.6 is 22.9 Å². The third kappa shape index (κ3) is 2.78. The zero-order valence-corrected chi connectivity index (χ0v) is 12.2. The molecule has 6 heteroatoms. The summed E-state index contributed by atoms with van der Waals surface area (Å²) in [5.41, 5.74) is 0.560. The van der Waals surface area contributed by atoms with Gasteiger partial charge in [0.05, 0.1) is 11.0 Å². The third-order valence-electron chi connectivity index (χ3n) is 3.41. The van der Waals surface area contributed by atoms with E-state index in [1.165, 1.54) is 10.9 Å². The van der Waals surface area contributed by atoms with E-state index in [9.17, 15) is 10.1 Å². The number of nitrogens with zero attached hydrogens (tertiary/aromatic N) is 1. The molecule has 1 atom stereocenters. The van der Waals surface area contributed by atoms with Crippen LogP contribution in [0, 0.1) is 16.0 Å². The van der Waals surface area contributed by atoms with Gasteiger partial charge >= 0.3 is 0 Å². The molecule has 0 spiro atoms. The molecule has 0 bridgehead atoms. The topological polar surface area (TPSA) is 55.2 Å². The summed E-state index contributed by atoms with van der Waals surface area (Å²) in [7, 11) is 0. The van der Waals surface area contributed by atoms with Gasteiger partial charge in [0.15, 0.2) is 0 Å². The van der Waals surface area contributed by atoms with Gasteiger partial charge in [-0.3, -0.25) is 10.1 Å². The molecule has 4 nitrogen and oxygen atoms in total. The zero-order chi connectivity index (χ0) is 14.1. The van der Waals surface area contributed by atoms with Crippen molar-refractivity contribution in [2.75, 3.05) is 5.32 Å². The van der Waals surface area contributed by atoms with Crippen molar-refractivity contribution in [3.8, 4) is 0 Å². The van der Waals surface area contributed by atoms with Crippen LogP contribution in [0.2, 0.25) is 5.02 Å². The minimum Gasteiger partial charge on any atom is -0.372 e. The standard InChI is InChI=1S/C14H13ClN2O2S/c15-10-5-6-12(17(18)19)11(8-10)16-14(9-3-4-9)13-2-1-7-20-13/h1-2,5-9,14,16H,3-4H2. The van der Waals surface area contributed by atoms with Gasteiger partial charge in [-0.1, -0.05) is 17.7 Å². The van der Waals surface area contributed by atoms with Crippen molar-refractivity contribution in [1.82, 2.24) is 0 Å². The summed E-state index contributed by atoms with van der Waals surface area (Å²) >= 11 is 7.64. The van der Waals surface area contributed by atoms with E-state index >= 15 is 0 Å². The van der Waals surface area contributed by atoms with Gasteiger partial charge in [-0.05, 0) is 42.3 Å². The van der Waals surface area contributed by atoms with Gasteiger partial charge in [0.2, 0.25) is 0 Å². The second kappa shape index (κ2) is 5.42. The first-order chi connectivity index (χ1) is 9.65. The normalized spacial score (nSPS) is 15.8. The minimum atomic E-state index is -0.378. The van der Waals surface area contributed by atoms with E-state index < -0.39 is 0 Å². The highest BCUT2D eigenvalue weighted by Crippen LogP contribution is 2.45. The van der Waals surface area contributed by atoms with Crippen LogP contribution in [-0.4, -0.2) is 4.92 Å². The number of hydrogen-bond acceptors (Lipinski definition) is 4. The van der Waals surface area contributed by atoms with Crippen LogP contribution in [0.4, 0.5) is 11.4 Å². The van der Waals surface area contributed by atoms with Crippen molar-refractivity contribution in [3.05, 3.63) is 55.7 Å². The second-order valence-corrected chi connectivity index (χ2v) is 6.31. The van der Waals surface area contributed by atoms with Crippen LogP contribution in [0.1, 0.15) is 23.8 Å². The predicted octanol–water partition coefficient (Wildman–Crippen LogP) is 4.87. The number of rotatable bonds is 5. The van der Waals surface area contributed by atoms with Crippen LogP contribution in [0.5, 0.6) is 0 Å². The molecule has 1 aliphatic rings. The van der Waals surface area contributed by atoms with E-state index in [4.69, 9.17) is 11.6 Å². The zero-order valence-electron chi connectivity index (χ0n) is 10.6. The molecule has 104 valence electrons. The van der Waals surface area contributed by atoms with Crippen molar-refractivity contribution in [1.29, 1.82) is 0 Å². The number of hydrogen-bond donors (Lipinski definition) is 1. The molecule has 2 aromatic rings. The fourth-order valence-electron chi connectivity index (χ4n) is 2.27. The molecule has 1 fully saturated rings. The molecule has 0 amide bonds. The van der Waals surface area contributed by atoms with Gasteiger partial charge in [-0.25, -0.2) is 0 Å². The van der Waals surface area contributed by atoms with Crippen LogP contribution in [0.15, 0.2) is 35.7 Å². The number of thiophene rings is 1. The molecular formula is C14H13ClN2O2S. The van der Waals surface area contributed by atoms with Gasteiger partial charge in [0, 0.05) is 16.0 Å². The largest absolute Gasteiger partial charge is 0.372 e. The SMILES string of the molecule is O=[N+]([O-])c1ccc(Cl)cc1NC(c1cccs1)C1CC1. The Balaban J connectivity index is 1.92. The van der Waals surface area contributed by atoms with Crippen molar-refractivity contribution in [2.24, 2.45) is 5.92 Å². The molecule has 1 unspecified atom stereocenters. The Bertz CT molecular complexity index is 626. The van der Waals surface area contributed by atoms with Crippen LogP contribution in [-0.2, 0) is 0 Å². The Labute approximate surface area is 125 Å². The van der Waals surface area contributed by atoms with Crippen molar-refractivity contribution in [2.45, 2.75) is 18.9 Å². The van der Waals surface area contributed by atoms with Crippen molar-refractivity contribution in [3.63, 3.8) is 0 Å². The fraction of sp³-hybridized carbons (Fsp3) is 0.286. The van der Waals surface area contributed by atoms with Crippen LogP contribution in [0.25, 0.3) is 0 Å². The molecule has 1 aromatic carbocycles. The Morgan fingerprint density at radius 1 is 1.40 bits per heavy atom. The molecule has 3 rings (SSSR count). The molecule has 0 radical (unpaired) electrons. The van der Waals surface area contributed by atoms with E-state index in [-0.39, 0.29) is 16.7 Å². The Morgan fingerprint density at radius 2 is 2.20 bits per heavy atom. The van der Waals surface area contributed by atoms with E-state index in [1.807, 2.05) is 11.4 Å². The number of benzene rings is 1. The number of anilines is 1. The maximum absolute atomic E-state index is 11.1. The maximum Gasteiger partial charge on any atom is 0.292 e. The lowest BCUT2D eigenvalue weighted by molar-refractivity contribution is -0.384. The highest BCUT2D eigenvalue weighted by molar-refractivity contribution is 7.10. The number of nitro benzene ring substituents is 1. The lowest BCUT2D eigenvalue weighted by Crippen LogP contribution is -2.12. The molecule has 1 aromatic heterocycles. The Hall–Kier alpha value is -1.59. The quantitative estimate of drug-likeness (QED) is 0.633. The van der Waals surface area contributed by atoms with Crippen molar-refractivity contribution < 1.29 is 4.92 Å². The molecule has 1 saturated carbocycles. The third-order valence-corrected chi connectivity index (χ3v) is 4.60. The van der Waals surface area contributed by atoms with Crippen LogP contribution < -0.4 is 5.32 Å². The number of nitrogens with one attached hydrogen (secondary N) is 1. The molecule has 1 N–H and O–H groups in total. The highest BCUT2D eigenvalue weighted by Gasteiger charge is 2.34. The van der Waals surface area contributed by atoms with E-state index in [2.05, 4.69) is 11.4 Å². The number of nitro groups is 1. The minimum absolute atomic E-state index is 0.0663. The average Bonchev–Trinajstić information content (AvgIpc) is 3.10. The van der Waals surface area contributed by atoms with Gasteiger partial charge in [0.1, 0.15) is 5.69 Å². The molecule has 0 saturated heterocycles. The Kier molecular flexibility index (Phi) is 3.63. The molecule has 0 aliphatic heterocycles. The first-order valence-electron chi connectivity index (χ1n) is 6.39. The molecule has 1 heterocycles. The van der Waals surface area contributed by atoms with Gasteiger partial charge in [-0.15, -0.1) is 11.3 Å². The van der Waals surface area contributed by atoms with Gasteiger partial charge in [0.25, 0.3) is 5.69 Å². The first kappa shape index (κ1) is 13.4. The Morgan fingerprint density at radius 3 is 2.80 bits per heavy atom. The monoisotopic (exact) mass is 308 g/mol. The summed E-state index contributed by atoms with van der Waals surface area (Å²) in [4.78, 5) is 11.9. The summed E-state index contributed by atoms with van der Waals surface area (Å²) in [6.45, 7) is 0. The molecule has 1 aliphatic carbocycles. The lowest BCUT2D eigenvalue weighted by Gasteiger charge is -2.18. The lowest BCUT2D eigenvalue weighted by atomic mass is 10.1. The summed E-state index contributed by atoms with van der Waals surface area (Å²) in [5.74, 6) is 0.548. The predicted molar refractivity (Wildman–Crippen MR) is 81.5 cm³/mol. The second-order valence-electron chi connectivity index (χ2n) is 4.89. The van der Waals surface area contributed by atoms with Gasteiger partial charge < -0.3 is 5.32 Å². The molecule has 20 heavy (non-hydrogen) atoms. The molecular weight excluding hydrogens is 296 g/mol. The summed E-state index contributed by atoms with van der Waals surface area (Å²) in [5, 5.41) is 17.0. The smallest absolute Gasteiger partial charge is 0.292 e. The fourth-order valence-corrected chi connectivity index (χ4v) is 3.31. The van der Waals surface area contributed by atoms with E-state index in [1.54, 1.807) is 23.5 Å². The first-order valence-corrected chi connectivity index (χ1v) is 7.65. The van der Waals surface area contributed by atoms with Crippen molar-refractivity contribution >= 4 is 34.3 Å². The number of halogens is 1. The maximum atomic E-state index is 11.1. The summed E-state index contributed by atoms with van der Waals surface area (Å²) in [6.07, 6.45) is 2.31. The van der Waals surface area contributed by atoms with E-state index in [0.29, 0.717) is 16.6 Å². The summed E-state index contributed by atoms with van der Waals surface area (Å²) in [6, 6.07) is 8.82. The van der Waals surface area contributed by atoms with Crippen LogP contribution in [0.3, 0.4) is 0 Å². The highest BCUT2D eigenvalue weighted by atomic mass is 35.5. The van der Waals surface area contributed by atoms with E-state index in [0.717, 1.165) is 12.8 Å².